The van der Waals surface area contributed by atoms with E-state index in [4.69, 9.17) is 13.9 Å². The summed E-state index contributed by atoms with van der Waals surface area (Å²) >= 11 is 0. The molecular weight excluding hydrogens is 408 g/mol. The number of nitro benzene ring substituents is 1. The number of aryl methyl sites for hydroxylation is 2. The van der Waals surface area contributed by atoms with E-state index < -0.39 is 16.8 Å². The van der Waals surface area contributed by atoms with Gasteiger partial charge in [-0.05, 0) is 37.6 Å². The highest BCUT2D eigenvalue weighted by Crippen LogP contribution is 2.28. The predicted molar refractivity (Wildman–Crippen MR) is 108 cm³/mol. The monoisotopic (exact) mass is 428 g/mol. The maximum Gasteiger partial charge on any atom is 0.343 e. The van der Waals surface area contributed by atoms with E-state index in [0.717, 1.165) is 5.56 Å². The Labute approximate surface area is 176 Å². The third-order valence-electron chi connectivity index (χ3n) is 4.23. The smallest absolute Gasteiger partial charge is 0.343 e. The van der Waals surface area contributed by atoms with Crippen LogP contribution in [-0.4, -0.2) is 33.2 Å². The molecule has 0 aliphatic rings. The van der Waals surface area contributed by atoms with Gasteiger partial charge in [0.25, 0.3) is 5.91 Å². The van der Waals surface area contributed by atoms with Gasteiger partial charge in [-0.25, -0.2) is 4.79 Å². The SMILES string of the molecule is CCOC(=O)c1cnn(C)c1NC(=O)c1ccc(COc2ccc(C)cc2[N+](=O)[O-])o1. The molecule has 31 heavy (non-hydrogen) atoms. The third kappa shape index (κ3) is 4.89. The standard InChI is InChI=1S/C20H20N4O7/c1-4-29-20(26)14-10-21-23(3)18(14)22-19(25)17-8-6-13(31-17)11-30-16-7-5-12(2)9-15(16)24(27)28/h5-10H,4,11H2,1-3H3,(H,22,25). The van der Waals surface area contributed by atoms with E-state index >= 15 is 0 Å². The quantitative estimate of drug-likeness (QED) is 0.328. The normalized spacial score (nSPS) is 10.5. The molecule has 1 aromatic carbocycles. The fourth-order valence-corrected chi connectivity index (χ4v) is 2.73. The minimum Gasteiger partial charge on any atom is -0.479 e. The Bertz CT molecular complexity index is 1130. The van der Waals surface area contributed by atoms with Gasteiger partial charge in [-0.1, -0.05) is 6.07 Å². The zero-order chi connectivity index (χ0) is 22.5. The van der Waals surface area contributed by atoms with Gasteiger partial charge in [0.1, 0.15) is 23.7 Å². The summed E-state index contributed by atoms with van der Waals surface area (Å²) in [5.41, 5.74) is 0.681. The molecule has 0 aliphatic carbocycles. The summed E-state index contributed by atoms with van der Waals surface area (Å²) in [5.74, 6) is -0.718. The fraction of sp³-hybridized carbons (Fsp3) is 0.250. The summed E-state index contributed by atoms with van der Waals surface area (Å²) in [7, 11) is 1.56. The molecular formula is C20H20N4O7. The number of hydrogen-bond acceptors (Lipinski definition) is 8. The maximum atomic E-state index is 12.5. The van der Waals surface area contributed by atoms with E-state index in [9.17, 15) is 19.7 Å². The average molecular weight is 428 g/mol. The molecule has 3 rings (SSSR count). The summed E-state index contributed by atoms with van der Waals surface area (Å²) in [5, 5.41) is 17.7. The molecule has 1 N–H and O–H groups in total. The Kier molecular flexibility index (Phi) is 6.34. The van der Waals surface area contributed by atoms with Crippen molar-refractivity contribution in [1.29, 1.82) is 0 Å². The number of carbonyl (C=O) groups is 2. The Morgan fingerprint density at radius 2 is 2.06 bits per heavy atom. The molecule has 0 bridgehead atoms. The van der Waals surface area contributed by atoms with Crippen LogP contribution in [0.1, 0.15) is 39.2 Å². The number of ether oxygens (including phenoxy) is 2. The Hall–Kier alpha value is -4.15. The molecule has 3 aromatic rings. The summed E-state index contributed by atoms with van der Waals surface area (Å²) < 4.78 is 17.2. The summed E-state index contributed by atoms with van der Waals surface area (Å²) in [4.78, 5) is 35.2. The van der Waals surface area contributed by atoms with Gasteiger partial charge in [0, 0.05) is 13.1 Å². The van der Waals surface area contributed by atoms with Gasteiger partial charge in [0.2, 0.25) is 0 Å². The number of benzene rings is 1. The Balaban J connectivity index is 1.69. The van der Waals surface area contributed by atoms with Crippen LogP contribution in [0.2, 0.25) is 0 Å². The van der Waals surface area contributed by atoms with Crippen molar-refractivity contribution in [3.63, 3.8) is 0 Å². The molecule has 11 nitrogen and oxygen atoms in total. The molecule has 0 spiro atoms. The van der Waals surface area contributed by atoms with E-state index in [1.165, 1.54) is 35.1 Å². The Morgan fingerprint density at radius 3 is 2.77 bits per heavy atom. The zero-order valence-electron chi connectivity index (χ0n) is 17.1. The van der Waals surface area contributed by atoms with E-state index in [1.54, 1.807) is 27.0 Å². The molecule has 0 fully saturated rings. The van der Waals surface area contributed by atoms with Crippen molar-refractivity contribution in [2.24, 2.45) is 7.05 Å². The summed E-state index contributed by atoms with van der Waals surface area (Å²) in [6.07, 6.45) is 1.30. The lowest BCUT2D eigenvalue weighted by atomic mass is 10.2. The predicted octanol–water partition coefficient (Wildman–Crippen LogP) is 3.24. The first kappa shape index (κ1) is 21.6. The van der Waals surface area contributed by atoms with Gasteiger partial charge in [0.15, 0.2) is 11.5 Å². The molecule has 0 aliphatic heterocycles. The van der Waals surface area contributed by atoms with Crippen molar-refractivity contribution in [3.05, 3.63) is 69.3 Å². The van der Waals surface area contributed by atoms with Crippen LogP contribution in [0, 0.1) is 17.0 Å². The van der Waals surface area contributed by atoms with Crippen molar-refractivity contribution in [1.82, 2.24) is 9.78 Å². The highest BCUT2D eigenvalue weighted by atomic mass is 16.6. The molecule has 11 heteroatoms. The lowest BCUT2D eigenvalue weighted by molar-refractivity contribution is -0.386. The maximum absolute atomic E-state index is 12.5. The van der Waals surface area contributed by atoms with Crippen LogP contribution in [0.15, 0.2) is 40.9 Å². The number of nitrogens with zero attached hydrogens (tertiary/aromatic N) is 3. The van der Waals surface area contributed by atoms with Gasteiger partial charge in [-0.15, -0.1) is 0 Å². The van der Waals surface area contributed by atoms with Crippen molar-refractivity contribution in [2.45, 2.75) is 20.5 Å². The van der Waals surface area contributed by atoms with Crippen LogP contribution in [0.25, 0.3) is 0 Å². The van der Waals surface area contributed by atoms with Gasteiger partial charge < -0.3 is 19.2 Å². The van der Waals surface area contributed by atoms with Gasteiger partial charge in [-0.2, -0.15) is 5.10 Å². The van der Waals surface area contributed by atoms with Crippen LogP contribution in [0.5, 0.6) is 5.75 Å². The second-order valence-corrected chi connectivity index (χ2v) is 6.49. The molecule has 0 radical (unpaired) electrons. The van der Waals surface area contributed by atoms with E-state index in [2.05, 4.69) is 10.4 Å². The number of aromatic nitrogens is 2. The number of anilines is 1. The molecule has 0 saturated carbocycles. The average Bonchev–Trinajstić information content (AvgIpc) is 3.34. The first-order valence-electron chi connectivity index (χ1n) is 9.27. The van der Waals surface area contributed by atoms with E-state index in [-0.39, 0.29) is 47.6 Å². The first-order chi connectivity index (χ1) is 14.8. The van der Waals surface area contributed by atoms with Crippen LogP contribution in [0.3, 0.4) is 0 Å². The van der Waals surface area contributed by atoms with Crippen LogP contribution in [0.4, 0.5) is 11.5 Å². The Morgan fingerprint density at radius 1 is 1.29 bits per heavy atom. The van der Waals surface area contributed by atoms with Crippen molar-refractivity contribution in [3.8, 4) is 5.75 Å². The second-order valence-electron chi connectivity index (χ2n) is 6.49. The topological polar surface area (TPSA) is 139 Å². The number of hydrogen-bond donors (Lipinski definition) is 1. The molecule has 2 heterocycles. The number of furan rings is 1. The molecule has 0 unspecified atom stereocenters. The minimum absolute atomic E-state index is 0.0342. The summed E-state index contributed by atoms with van der Waals surface area (Å²) in [6, 6.07) is 7.55. The van der Waals surface area contributed by atoms with E-state index in [0.29, 0.717) is 0 Å². The van der Waals surface area contributed by atoms with Crippen molar-refractivity contribution < 1.29 is 28.4 Å². The van der Waals surface area contributed by atoms with Crippen LogP contribution in [-0.2, 0) is 18.4 Å². The largest absolute Gasteiger partial charge is 0.479 e. The molecule has 0 atom stereocenters. The molecule has 2 aromatic heterocycles. The van der Waals surface area contributed by atoms with Crippen LogP contribution >= 0.6 is 0 Å². The molecule has 162 valence electrons. The van der Waals surface area contributed by atoms with Crippen molar-refractivity contribution >= 4 is 23.4 Å². The molecule has 1 amide bonds. The minimum atomic E-state index is -0.612. The van der Waals surface area contributed by atoms with Crippen molar-refractivity contribution in [2.75, 3.05) is 11.9 Å². The van der Waals surface area contributed by atoms with Gasteiger partial charge >= 0.3 is 11.7 Å². The van der Waals surface area contributed by atoms with Gasteiger partial charge in [0.05, 0.1) is 17.7 Å². The van der Waals surface area contributed by atoms with Crippen LogP contribution < -0.4 is 10.1 Å². The highest BCUT2D eigenvalue weighted by molar-refractivity contribution is 6.05. The highest BCUT2D eigenvalue weighted by Gasteiger charge is 2.22. The molecule has 0 saturated heterocycles. The number of nitro groups is 1. The first-order valence-corrected chi connectivity index (χ1v) is 9.27. The number of amides is 1. The van der Waals surface area contributed by atoms with Gasteiger partial charge in [-0.3, -0.25) is 19.6 Å². The summed E-state index contributed by atoms with van der Waals surface area (Å²) in [6.45, 7) is 3.48. The number of rotatable bonds is 8. The fourth-order valence-electron chi connectivity index (χ4n) is 2.73. The van der Waals surface area contributed by atoms with E-state index in [1.807, 2.05) is 0 Å². The lowest BCUT2D eigenvalue weighted by Gasteiger charge is -2.07. The number of esters is 1. The number of carbonyl (C=O) groups excluding carboxylic acids is 2. The second kappa shape index (κ2) is 9.11. The zero-order valence-corrected chi connectivity index (χ0v) is 17.1. The number of nitrogens with one attached hydrogen (secondary N) is 1. The lowest BCUT2D eigenvalue weighted by Crippen LogP contribution is -2.17. The third-order valence-corrected chi connectivity index (χ3v) is 4.23.